The molecule has 70 valence electrons. The smallest absolute Gasteiger partial charge is 0.0622 e. The monoisotopic (exact) mass is 177 g/mol. The van der Waals surface area contributed by atoms with Crippen LogP contribution in [0.15, 0.2) is 0 Å². The normalized spacial score (nSPS) is 6.92. The van der Waals surface area contributed by atoms with Crippen molar-refractivity contribution in [3.8, 4) is 18.2 Å². The number of unbranched alkanes of at least 4 members (excludes halogenated alkanes) is 4. The first-order valence-electron chi connectivity index (χ1n) is 4.44. The SMILES string of the molecule is CCCCC#N.N#CCCCC#N. The van der Waals surface area contributed by atoms with Crippen LogP contribution in [-0.4, -0.2) is 0 Å². The minimum absolute atomic E-state index is 0.508. The number of nitriles is 3. The molecule has 13 heavy (non-hydrogen) atoms. The van der Waals surface area contributed by atoms with Crippen LogP contribution in [0.5, 0.6) is 0 Å². The topological polar surface area (TPSA) is 71.4 Å². The van der Waals surface area contributed by atoms with E-state index < -0.39 is 0 Å². The predicted molar refractivity (Wildman–Crippen MR) is 50.2 cm³/mol. The molecule has 0 N–H and O–H groups in total. The number of hydrogen-bond acceptors (Lipinski definition) is 3. The first-order chi connectivity index (χ1) is 6.33. The van der Waals surface area contributed by atoms with Gasteiger partial charge in [0.05, 0.1) is 18.2 Å². The molecule has 0 unspecified atom stereocenters. The first kappa shape index (κ1) is 14.0. The van der Waals surface area contributed by atoms with Crippen molar-refractivity contribution in [2.75, 3.05) is 0 Å². The van der Waals surface area contributed by atoms with Crippen LogP contribution in [0.25, 0.3) is 0 Å². The van der Waals surface area contributed by atoms with E-state index in [0.717, 1.165) is 19.3 Å². The summed E-state index contributed by atoms with van der Waals surface area (Å²) >= 11 is 0. The Hall–Kier alpha value is -1.53. The summed E-state index contributed by atoms with van der Waals surface area (Å²) in [5.74, 6) is 0. The molecule has 0 saturated heterocycles. The molecule has 0 aliphatic carbocycles. The average molecular weight is 177 g/mol. The van der Waals surface area contributed by atoms with Crippen LogP contribution >= 0.6 is 0 Å². The minimum Gasteiger partial charge on any atom is -0.198 e. The molecule has 0 heterocycles. The fourth-order valence-corrected chi connectivity index (χ4v) is 0.502. The minimum atomic E-state index is 0.508. The summed E-state index contributed by atoms with van der Waals surface area (Å²) in [6.07, 6.45) is 4.63. The van der Waals surface area contributed by atoms with Gasteiger partial charge in [-0.3, -0.25) is 0 Å². The highest BCUT2D eigenvalue weighted by Gasteiger charge is 1.79. The molecule has 0 amide bonds. The van der Waals surface area contributed by atoms with Crippen LogP contribution < -0.4 is 0 Å². The number of rotatable bonds is 4. The van der Waals surface area contributed by atoms with Crippen LogP contribution in [0.4, 0.5) is 0 Å². The van der Waals surface area contributed by atoms with Gasteiger partial charge < -0.3 is 0 Å². The highest BCUT2D eigenvalue weighted by molar-refractivity contribution is 4.75. The molecule has 0 aromatic heterocycles. The Kier molecular flexibility index (Phi) is 18.1. The zero-order valence-electron chi connectivity index (χ0n) is 8.08. The van der Waals surface area contributed by atoms with Crippen LogP contribution in [0, 0.1) is 34.0 Å². The maximum absolute atomic E-state index is 7.95. The second kappa shape index (κ2) is 16.8. The predicted octanol–water partition coefficient (Wildman–Crippen LogP) is 2.90. The molecule has 3 nitrogen and oxygen atoms in total. The second-order valence-corrected chi connectivity index (χ2v) is 2.43. The fraction of sp³-hybridized carbons (Fsp3) is 0.700. The van der Waals surface area contributed by atoms with Crippen LogP contribution in [0.1, 0.15) is 45.4 Å². The molecule has 0 aliphatic rings. The first-order valence-corrected chi connectivity index (χ1v) is 4.44. The molecule has 0 fully saturated rings. The zero-order chi connectivity index (χ0) is 10.4. The highest BCUT2D eigenvalue weighted by atomic mass is 14.2. The fourth-order valence-electron chi connectivity index (χ4n) is 0.502. The van der Waals surface area contributed by atoms with Gasteiger partial charge in [0.1, 0.15) is 0 Å². The standard InChI is InChI=1S/C5H6N2.C5H9N/c6-4-2-1-3-5-7;1-2-3-4-5-6/h1-3H2;2-4H2,1H3. The van der Waals surface area contributed by atoms with Crippen molar-refractivity contribution in [2.24, 2.45) is 0 Å². The van der Waals surface area contributed by atoms with E-state index in [1.165, 1.54) is 0 Å². The lowest BCUT2D eigenvalue weighted by Gasteiger charge is -1.77. The summed E-state index contributed by atoms with van der Waals surface area (Å²) in [4.78, 5) is 0. The van der Waals surface area contributed by atoms with Crippen LogP contribution in [-0.2, 0) is 0 Å². The van der Waals surface area contributed by atoms with Gasteiger partial charge in [-0.25, -0.2) is 0 Å². The van der Waals surface area contributed by atoms with Crippen molar-refractivity contribution < 1.29 is 0 Å². The van der Waals surface area contributed by atoms with Gasteiger partial charge in [-0.1, -0.05) is 13.3 Å². The van der Waals surface area contributed by atoms with E-state index in [-0.39, 0.29) is 0 Å². The second-order valence-electron chi connectivity index (χ2n) is 2.43. The van der Waals surface area contributed by atoms with Crippen molar-refractivity contribution in [3.05, 3.63) is 0 Å². The van der Waals surface area contributed by atoms with E-state index in [2.05, 4.69) is 13.0 Å². The molecular formula is C10H15N3. The molecule has 0 spiro atoms. The third-order valence-electron chi connectivity index (χ3n) is 1.22. The van der Waals surface area contributed by atoms with Gasteiger partial charge in [-0.2, -0.15) is 15.8 Å². The van der Waals surface area contributed by atoms with Crippen molar-refractivity contribution in [2.45, 2.75) is 45.4 Å². The van der Waals surface area contributed by atoms with Gasteiger partial charge in [0, 0.05) is 19.3 Å². The summed E-state index contributed by atoms with van der Waals surface area (Å²) < 4.78 is 0. The summed E-state index contributed by atoms with van der Waals surface area (Å²) in [6.45, 7) is 2.08. The number of hydrogen-bond donors (Lipinski definition) is 0. The molecule has 0 atom stereocenters. The van der Waals surface area contributed by atoms with Gasteiger partial charge in [-0.05, 0) is 12.8 Å². The molecule has 0 radical (unpaired) electrons. The summed E-state index contributed by atoms with van der Waals surface area (Å²) in [6, 6.07) is 5.97. The highest BCUT2D eigenvalue weighted by Crippen LogP contribution is 1.89. The van der Waals surface area contributed by atoms with E-state index in [9.17, 15) is 0 Å². The lowest BCUT2D eigenvalue weighted by molar-refractivity contribution is 0.822. The third-order valence-corrected chi connectivity index (χ3v) is 1.22. The lowest BCUT2D eigenvalue weighted by Crippen LogP contribution is -1.65. The van der Waals surface area contributed by atoms with Gasteiger partial charge in [-0.15, -0.1) is 0 Å². The van der Waals surface area contributed by atoms with E-state index in [0.29, 0.717) is 19.3 Å². The van der Waals surface area contributed by atoms with Gasteiger partial charge in [0.2, 0.25) is 0 Å². The van der Waals surface area contributed by atoms with Crippen molar-refractivity contribution in [1.82, 2.24) is 0 Å². The molecule has 0 aliphatic heterocycles. The van der Waals surface area contributed by atoms with Gasteiger partial charge in [0.25, 0.3) is 0 Å². The van der Waals surface area contributed by atoms with Gasteiger partial charge in [0.15, 0.2) is 0 Å². The Bertz CT molecular complexity index is 188. The van der Waals surface area contributed by atoms with E-state index in [4.69, 9.17) is 15.8 Å². The molecule has 0 aromatic carbocycles. The Balaban J connectivity index is 0. The average Bonchev–Trinajstić information content (AvgIpc) is 2.17. The van der Waals surface area contributed by atoms with Crippen molar-refractivity contribution in [3.63, 3.8) is 0 Å². The lowest BCUT2D eigenvalue weighted by atomic mass is 10.3. The molecule has 0 rings (SSSR count). The molecular weight excluding hydrogens is 162 g/mol. The third kappa shape index (κ3) is 25.1. The quantitative estimate of drug-likeness (QED) is 0.620. The Morgan fingerprint density at radius 2 is 1.15 bits per heavy atom. The largest absolute Gasteiger partial charge is 0.198 e. The van der Waals surface area contributed by atoms with E-state index in [1.54, 1.807) is 0 Å². The maximum atomic E-state index is 7.95. The maximum Gasteiger partial charge on any atom is 0.0622 e. The summed E-state index contributed by atoms with van der Waals surface area (Å²) in [7, 11) is 0. The van der Waals surface area contributed by atoms with Gasteiger partial charge >= 0.3 is 0 Å². The van der Waals surface area contributed by atoms with Crippen LogP contribution in [0.2, 0.25) is 0 Å². The molecule has 0 saturated carbocycles. The van der Waals surface area contributed by atoms with Crippen LogP contribution in [0.3, 0.4) is 0 Å². The summed E-state index contributed by atoms with van der Waals surface area (Å²) in [5, 5.41) is 23.8. The van der Waals surface area contributed by atoms with E-state index in [1.807, 2.05) is 12.1 Å². The van der Waals surface area contributed by atoms with E-state index >= 15 is 0 Å². The molecule has 3 heteroatoms. The molecule has 0 aromatic rings. The number of nitrogens with zero attached hydrogens (tertiary/aromatic N) is 3. The Labute approximate surface area is 80.2 Å². The summed E-state index contributed by atoms with van der Waals surface area (Å²) in [5.41, 5.74) is 0. The Morgan fingerprint density at radius 3 is 1.38 bits per heavy atom. The Morgan fingerprint density at radius 1 is 0.769 bits per heavy atom. The zero-order valence-corrected chi connectivity index (χ0v) is 8.08. The van der Waals surface area contributed by atoms with Crippen molar-refractivity contribution in [1.29, 1.82) is 15.8 Å². The van der Waals surface area contributed by atoms with Crippen molar-refractivity contribution >= 4 is 0 Å². The molecule has 0 bridgehead atoms.